The first-order chi connectivity index (χ1) is 60.3. The summed E-state index contributed by atoms with van der Waals surface area (Å²) >= 11 is 3.58. The van der Waals surface area contributed by atoms with E-state index in [0.29, 0.717) is 105 Å². The molecule has 13 rings (SSSR count). The molecule has 1 fully saturated rings. The molecule has 0 bridgehead atoms. The average molecular weight is 1810 g/mol. The Labute approximate surface area is 742 Å². The van der Waals surface area contributed by atoms with Gasteiger partial charge in [0.25, 0.3) is 16.7 Å². The molecular formula is C88H108F2N18O16S3. The molecule has 3 aromatic carbocycles. The van der Waals surface area contributed by atoms with Crippen molar-refractivity contribution in [1.29, 1.82) is 5.26 Å². The van der Waals surface area contributed by atoms with Gasteiger partial charge in [-0.2, -0.15) is 35.9 Å². The number of amides is 1. The van der Waals surface area contributed by atoms with Crippen molar-refractivity contribution in [3.63, 3.8) is 0 Å². The molecule has 10 heterocycles. The number of fused-ring (bicyclic) bond motifs is 3. The van der Waals surface area contributed by atoms with Gasteiger partial charge in [0.2, 0.25) is 5.91 Å². The highest BCUT2D eigenvalue weighted by Crippen LogP contribution is 2.40. The van der Waals surface area contributed by atoms with E-state index < -0.39 is 87.1 Å². The number of ether oxygens (including phenoxy) is 6. The molecule has 1 aliphatic heterocycles. The molecule has 0 spiro atoms. The summed E-state index contributed by atoms with van der Waals surface area (Å²) < 4.78 is 70.7. The molecule has 1 amide bonds. The van der Waals surface area contributed by atoms with Gasteiger partial charge in [0, 0.05) is 78.9 Å². The van der Waals surface area contributed by atoms with Crippen molar-refractivity contribution >= 4 is 82.1 Å². The molecular weight excluding hydrogens is 1700 g/mol. The summed E-state index contributed by atoms with van der Waals surface area (Å²) in [5.74, 6) is 0.161. The number of carbonyl (C=O) groups excluding carboxylic acids is 3. The maximum Gasteiger partial charge on any atom is 0.333 e. The number of aryl methyl sites for hydroxylation is 3. The van der Waals surface area contributed by atoms with E-state index in [2.05, 4.69) is 36.7 Å². The van der Waals surface area contributed by atoms with Crippen LogP contribution < -0.4 is 48.0 Å². The van der Waals surface area contributed by atoms with Crippen LogP contribution in [-0.2, 0) is 53.8 Å². The summed E-state index contributed by atoms with van der Waals surface area (Å²) in [7, 11) is 6.18. The summed E-state index contributed by atoms with van der Waals surface area (Å²) in [6.07, 6.45) is 6.35. The maximum absolute atomic E-state index is 14.6. The molecule has 0 aliphatic carbocycles. The zero-order valence-electron chi connectivity index (χ0n) is 74.6. The molecule has 0 radical (unpaired) electrons. The molecule has 5 atom stereocenters. The Kier molecular flexibility index (Phi) is 31.0. The summed E-state index contributed by atoms with van der Waals surface area (Å²) in [4.78, 5) is 134. The molecule has 127 heavy (non-hydrogen) atoms. The number of nitrogens with zero attached hydrogens (tertiary/aromatic N) is 18. The van der Waals surface area contributed by atoms with Crippen LogP contribution >= 0.6 is 34.0 Å². The largest absolute Gasteiger partial charge is 0.496 e. The fraction of sp³-hybridized carbons (Fsp3) is 0.477. The number of aromatic nitrogens is 15. The van der Waals surface area contributed by atoms with Crippen LogP contribution in [0.15, 0.2) is 133 Å². The Balaban J connectivity index is 0.000000185. The molecule has 1 N–H and O–H groups in total. The van der Waals surface area contributed by atoms with Gasteiger partial charge >= 0.3 is 17.1 Å². The van der Waals surface area contributed by atoms with Crippen LogP contribution in [0.4, 0.5) is 8.78 Å². The van der Waals surface area contributed by atoms with Gasteiger partial charge < -0.3 is 38.4 Å². The minimum atomic E-state index is -1.41. The summed E-state index contributed by atoms with van der Waals surface area (Å²) in [6.45, 7) is 27.5. The van der Waals surface area contributed by atoms with Crippen molar-refractivity contribution in [2.45, 2.75) is 184 Å². The lowest BCUT2D eigenvalue weighted by Gasteiger charge is -2.34. The highest BCUT2D eigenvalue weighted by atomic mass is 32.1. The van der Waals surface area contributed by atoms with Crippen LogP contribution in [0.2, 0.25) is 0 Å². The number of halogens is 2. The van der Waals surface area contributed by atoms with E-state index in [-0.39, 0.29) is 99.6 Å². The van der Waals surface area contributed by atoms with E-state index in [9.17, 15) is 62.3 Å². The number of Topliss-reactive ketones (excluding diaryl/α,β-unsaturated/α-hetero) is 2. The van der Waals surface area contributed by atoms with E-state index in [4.69, 9.17) is 28.4 Å². The second-order valence-electron chi connectivity index (χ2n) is 33.3. The standard InChI is InChI=1S/C31H39FN6O5S.C30H35FN6O5S.C27H34N6O6S/c1-19(2)15-25(39)31(4,5)37-27(40)26-20(3)28(38-33-11-12-34-38)44-29(26)36(30(37)41)18-24(22-9-7-8-10-23(22)42-6)43-14-13-35-16-21(32)17-35;1-17(2)12-22(38)19(4)36-26(39)25-18(3)27(37-33-10-11-34-37)43-28(25)35(29(36)40)14-24(42-16-30(5,6)15-32)21-13-20(31)8-9-23(21)41-7;1-16(2)30(5)23(35)18(4)32-24(36)22-17(3)25(33-28-11-12-29-33)40-26(22)31(27(32)37)15-21(39-14-13-34)19-9-7-8-10-20(19)38-6/h7-12,19,21,24H,13-18H2,1-6H3;8-11,13,17,19,24H,12,14,16H2,1-7H3;7-12,16,18,21,34H,13-15H2,1-6H3/t24-;19-,24+;18-,21-/m010/s1. The van der Waals surface area contributed by atoms with Gasteiger partial charge in [-0.05, 0) is 118 Å². The number of likely N-dealkylation sites (N-methyl/N-ethyl adjacent to an activating group) is 1. The molecule has 1 aliphatic rings. The Morgan fingerprint density at radius 1 is 0.559 bits per heavy atom. The predicted octanol–water partition coefficient (Wildman–Crippen LogP) is 10.9. The molecule has 12 aromatic rings. The highest BCUT2D eigenvalue weighted by molar-refractivity contribution is 7.22. The van der Waals surface area contributed by atoms with Gasteiger partial charge in [-0.3, -0.25) is 47.4 Å². The summed E-state index contributed by atoms with van der Waals surface area (Å²) in [6, 6.07) is 18.6. The van der Waals surface area contributed by atoms with Gasteiger partial charge in [-0.25, -0.2) is 36.9 Å². The van der Waals surface area contributed by atoms with Crippen molar-refractivity contribution in [1.82, 2.24) is 82.2 Å². The number of methoxy groups -OCH3 is 3. The third kappa shape index (κ3) is 20.5. The quantitative estimate of drug-likeness (QED) is 0.0381. The van der Waals surface area contributed by atoms with Crippen molar-refractivity contribution in [2.75, 3.05) is 74.4 Å². The number of carbonyl (C=O) groups is 3. The van der Waals surface area contributed by atoms with Crippen LogP contribution in [-0.4, -0.2) is 191 Å². The molecule has 678 valence electrons. The second-order valence-corrected chi connectivity index (χ2v) is 36.2. The van der Waals surface area contributed by atoms with Crippen LogP contribution in [0.25, 0.3) is 45.7 Å². The van der Waals surface area contributed by atoms with E-state index >= 15 is 0 Å². The first kappa shape index (κ1) is 96.0. The number of hydrogen-bond acceptors (Lipinski definition) is 27. The van der Waals surface area contributed by atoms with Crippen molar-refractivity contribution < 1.29 is 56.7 Å². The smallest absolute Gasteiger partial charge is 0.333 e. The number of para-hydroxylation sites is 2. The first-order valence-corrected chi connectivity index (χ1v) is 43.9. The summed E-state index contributed by atoms with van der Waals surface area (Å²) in [5, 5.41) is 47.0. The zero-order valence-corrected chi connectivity index (χ0v) is 77.0. The minimum Gasteiger partial charge on any atom is -0.496 e. The van der Waals surface area contributed by atoms with E-state index in [0.717, 1.165) is 30.6 Å². The number of alkyl halides is 1. The van der Waals surface area contributed by atoms with Gasteiger partial charge in [0.15, 0.2) is 11.6 Å². The van der Waals surface area contributed by atoms with Gasteiger partial charge in [0.05, 0.1) is 138 Å². The monoisotopic (exact) mass is 1810 g/mol. The van der Waals surface area contributed by atoms with Crippen LogP contribution in [0.1, 0.15) is 160 Å². The minimum absolute atomic E-state index is 0.0111. The Hall–Kier alpha value is -11.6. The fourth-order valence-corrected chi connectivity index (χ4v) is 18.6. The number of aliphatic hydroxyl groups is 1. The molecule has 0 unspecified atom stereocenters. The third-order valence-corrected chi connectivity index (χ3v) is 26.0. The van der Waals surface area contributed by atoms with E-state index in [1.165, 1.54) is 125 Å². The molecule has 39 heteroatoms. The topological polar surface area (TPSA) is 381 Å². The van der Waals surface area contributed by atoms with Crippen LogP contribution in [0.3, 0.4) is 0 Å². The molecule has 0 saturated carbocycles. The predicted molar refractivity (Wildman–Crippen MR) is 478 cm³/mol. The Bertz CT molecular complexity index is 6370. The number of rotatable bonds is 36. The number of ketones is 2. The van der Waals surface area contributed by atoms with E-state index in [1.807, 2.05) is 88.9 Å². The highest BCUT2D eigenvalue weighted by Gasteiger charge is 2.39. The zero-order chi connectivity index (χ0) is 92.5. The fourth-order valence-electron chi connectivity index (χ4n) is 14.9. The first-order valence-electron chi connectivity index (χ1n) is 41.5. The van der Waals surface area contributed by atoms with E-state index in [1.54, 1.807) is 82.5 Å². The van der Waals surface area contributed by atoms with Gasteiger partial charge in [0.1, 0.15) is 88.6 Å². The number of aliphatic hydroxyl groups excluding tert-OH is 1. The number of thiophene rings is 3. The van der Waals surface area contributed by atoms with Gasteiger partial charge in [-0.1, -0.05) is 98.1 Å². The van der Waals surface area contributed by atoms with Gasteiger partial charge in [-0.15, -0.1) is 14.4 Å². The second kappa shape index (κ2) is 41.0. The normalized spacial score (nSPS) is 13.9. The lowest BCUT2D eigenvalue weighted by molar-refractivity contribution is -0.134. The van der Waals surface area contributed by atoms with Crippen molar-refractivity contribution in [3.8, 4) is 38.3 Å². The molecule has 34 nitrogen and oxygen atoms in total. The number of likely N-dealkylation sites (tertiary alicyclic amines) is 1. The lowest BCUT2D eigenvalue weighted by Crippen LogP contribution is -2.53. The third-order valence-electron chi connectivity index (χ3n) is 22.1. The Morgan fingerprint density at radius 3 is 1.37 bits per heavy atom. The van der Waals surface area contributed by atoms with Crippen LogP contribution in [0.5, 0.6) is 17.2 Å². The lowest BCUT2D eigenvalue weighted by atomic mass is 9.91. The van der Waals surface area contributed by atoms with Crippen LogP contribution in [0, 0.1) is 55.2 Å². The maximum atomic E-state index is 14.6. The number of benzene rings is 3. The van der Waals surface area contributed by atoms with Crippen molar-refractivity contribution in [3.05, 3.63) is 206 Å². The van der Waals surface area contributed by atoms with Crippen molar-refractivity contribution in [2.24, 2.45) is 17.3 Å². The molecule has 9 aromatic heterocycles. The average Bonchev–Trinajstić information content (AvgIpc) is 1.62. The molecule has 1 saturated heterocycles. The Morgan fingerprint density at radius 2 is 0.961 bits per heavy atom. The SMILES string of the molecule is COc1ccc(F)cc1[C@H](Cn1c(=O)n([C@H](C)C(=O)CC(C)C)c(=O)c2c(C)c(-n3nccn3)sc21)OCC(C)(C)C#N.COc1ccccc1[C@H](Cn1c(=O)n(C(C)(C)C(=O)CC(C)C)c(=O)c2c(C)c(-n3nccn3)sc21)OCCN1CC(F)C1.COc1ccccc1[C@H](Cn1c(=O)n([C@@H](C)C(=O)N(C)C(C)C)c(=O)c2c(C)c(-n3nccn3)sc21)OCCO. The number of hydrogen-bond donors (Lipinski definition) is 1. The summed E-state index contributed by atoms with van der Waals surface area (Å²) in [5.41, 5.74) is -2.54. The number of nitriles is 1.